The van der Waals surface area contributed by atoms with Gasteiger partial charge in [-0.3, -0.25) is 9.78 Å². The average molecular weight is 517 g/mol. The summed E-state index contributed by atoms with van der Waals surface area (Å²) in [6.07, 6.45) is 0.947. The molecule has 1 fully saturated rings. The molecule has 38 heavy (non-hydrogen) atoms. The number of pyridine rings is 1. The Morgan fingerprint density at radius 2 is 2.03 bits per heavy atom. The maximum absolute atomic E-state index is 13.5. The molecule has 0 spiro atoms. The van der Waals surface area contributed by atoms with E-state index in [2.05, 4.69) is 4.98 Å². The van der Waals surface area contributed by atoms with Crippen molar-refractivity contribution in [1.29, 1.82) is 5.26 Å². The molecule has 1 aliphatic carbocycles. The van der Waals surface area contributed by atoms with E-state index in [1.165, 1.54) is 36.5 Å². The number of aromatic nitrogens is 1. The Morgan fingerprint density at radius 3 is 2.71 bits per heavy atom. The molecule has 2 aromatic heterocycles. The van der Waals surface area contributed by atoms with Crippen molar-refractivity contribution in [2.75, 3.05) is 6.61 Å². The van der Waals surface area contributed by atoms with Gasteiger partial charge in [0.1, 0.15) is 29.3 Å². The van der Waals surface area contributed by atoms with Crippen molar-refractivity contribution in [3.8, 4) is 23.1 Å². The van der Waals surface area contributed by atoms with Crippen molar-refractivity contribution in [2.45, 2.75) is 37.6 Å². The molecule has 1 unspecified atom stereocenters. The van der Waals surface area contributed by atoms with E-state index in [-0.39, 0.29) is 42.1 Å². The highest BCUT2D eigenvalue weighted by Crippen LogP contribution is 2.47. The van der Waals surface area contributed by atoms with E-state index in [9.17, 15) is 24.6 Å². The van der Waals surface area contributed by atoms with E-state index in [1.54, 1.807) is 25.3 Å². The topological polar surface area (TPSA) is 160 Å². The Kier molecular flexibility index (Phi) is 6.57. The van der Waals surface area contributed by atoms with Crippen LogP contribution in [0, 0.1) is 23.2 Å². The number of hydrogen-bond donors (Lipinski definition) is 2. The van der Waals surface area contributed by atoms with Gasteiger partial charge in [-0.2, -0.15) is 5.26 Å². The second kappa shape index (κ2) is 9.85. The van der Waals surface area contributed by atoms with Crippen LogP contribution in [0.3, 0.4) is 0 Å². The highest BCUT2D eigenvalue weighted by Gasteiger charge is 2.56. The zero-order valence-corrected chi connectivity index (χ0v) is 20.4. The minimum absolute atomic E-state index is 0.0262. The molecule has 1 saturated carbocycles. The number of ketones is 1. The van der Waals surface area contributed by atoms with E-state index >= 15 is 0 Å². The van der Waals surface area contributed by atoms with E-state index in [1.807, 2.05) is 6.07 Å². The van der Waals surface area contributed by atoms with Crippen molar-refractivity contribution >= 4 is 11.8 Å². The first kappa shape index (κ1) is 25.3. The van der Waals surface area contributed by atoms with Crippen LogP contribution in [0.2, 0.25) is 0 Å². The van der Waals surface area contributed by atoms with E-state index in [0.717, 1.165) is 0 Å². The van der Waals surface area contributed by atoms with E-state index in [0.29, 0.717) is 11.1 Å². The number of aliphatic hydroxyl groups excluding tert-OH is 2. The second-order valence-electron chi connectivity index (χ2n) is 9.68. The fourth-order valence-electron chi connectivity index (χ4n) is 5.10. The first-order valence-electron chi connectivity index (χ1n) is 12.1. The number of Topliss-reactive ketones (excluding diaryl/α,β-unsaturated/α-hetero) is 1. The Hall–Kier alpha value is -4.33. The molecule has 0 saturated heterocycles. The van der Waals surface area contributed by atoms with Crippen LogP contribution in [0.1, 0.15) is 46.0 Å². The molecule has 3 heterocycles. The van der Waals surface area contributed by atoms with Crippen molar-refractivity contribution in [1.82, 2.24) is 4.98 Å². The first-order valence-corrected chi connectivity index (χ1v) is 12.1. The van der Waals surface area contributed by atoms with Crippen LogP contribution >= 0.6 is 0 Å². The third-order valence-electron chi connectivity index (χ3n) is 7.35. The quantitative estimate of drug-likeness (QED) is 0.482. The lowest BCUT2D eigenvalue weighted by Gasteiger charge is -2.49. The average Bonchev–Trinajstić information content (AvgIpc) is 2.92. The molecule has 10 nitrogen and oxygen atoms in total. The minimum atomic E-state index is -1.33. The fraction of sp³-hybridized carbons (Fsp3) is 0.321. The molecule has 2 N–H and O–H groups in total. The molecule has 3 aromatic rings. The van der Waals surface area contributed by atoms with Crippen LogP contribution in [-0.2, 0) is 4.74 Å². The largest absolute Gasteiger partial charge is 0.483 e. The number of nitrogens with zero attached hydrogens (tertiary/aromatic N) is 2. The maximum Gasteiger partial charge on any atom is 0.351 e. The standard InChI is InChI=1S/C28H24N2O8/c1-28-19(25(33)24-22(38-28)11-21(37-27(24)35)17-3-2-8-30-13-17)9-18(10-23(28)32)20(31)14-36-26(34)16-6-4-15(12-29)5-7-16/h2-8,11,13,18-20,23,31-32H,9-10,14H2,1H3/t18-,19-,20?,23-,28-/m0/s1. The van der Waals surface area contributed by atoms with Crippen LogP contribution in [-0.4, -0.2) is 51.4 Å². The minimum Gasteiger partial charge on any atom is -0.483 e. The molecular weight excluding hydrogens is 492 g/mol. The fourth-order valence-corrected chi connectivity index (χ4v) is 5.10. The van der Waals surface area contributed by atoms with Gasteiger partial charge in [-0.25, -0.2) is 9.59 Å². The van der Waals surface area contributed by atoms with Gasteiger partial charge in [0, 0.05) is 24.0 Å². The first-order chi connectivity index (χ1) is 18.2. The van der Waals surface area contributed by atoms with Crippen molar-refractivity contribution in [3.63, 3.8) is 0 Å². The van der Waals surface area contributed by atoms with Gasteiger partial charge in [0.05, 0.1) is 35.3 Å². The van der Waals surface area contributed by atoms with Crippen LogP contribution in [0.25, 0.3) is 11.3 Å². The number of esters is 1. The summed E-state index contributed by atoms with van der Waals surface area (Å²) in [5.74, 6) is -2.54. The van der Waals surface area contributed by atoms with Gasteiger partial charge in [0.15, 0.2) is 5.78 Å². The van der Waals surface area contributed by atoms with Gasteiger partial charge in [0.25, 0.3) is 0 Å². The molecule has 5 rings (SSSR count). The van der Waals surface area contributed by atoms with Gasteiger partial charge in [-0.05, 0) is 62.1 Å². The van der Waals surface area contributed by atoms with Crippen molar-refractivity contribution in [3.05, 3.63) is 82.0 Å². The molecular formula is C28H24N2O8. The summed E-state index contributed by atoms with van der Waals surface area (Å²) in [6.45, 7) is 1.25. The van der Waals surface area contributed by atoms with E-state index < -0.39 is 47.0 Å². The van der Waals surface area contributed by atoms with Crippen molar-refractivity contribution < 1.29 is 33.7 Å². The monoisotopic (exact) mass is 516 g/mol. The molecule has 0 bridgehead atoms. The summed E-state index contributed by atoms with van der Waals surface area (Å²) in [5, 5.41) is 30.7. The molecule has 10 heteroatoms. The number of aliphatic hydroxyl groups is 2. The number of ether oxygens (including phenoxy) is 2. The molecule has 0 radical (unpaired) electrons. The number of rotatable bonds is 5. The van der Waals surface area contributed by atoms with Gasteiger partial charge < -0.3 is 24.1 Å². The van der Waals surface area contributed by atoms with Gasteiger partial charge in [-0.15, -0.1) is 0 Å². The van der Waals surface area contributed by atoms with Gasteiger partial charge in [0.2, 0.25) is 0 Å². The number of benzene rings is 1. The molecule has 1 aliphatic heterocycles. The maximum atomic E-state index is 13.5. The predicted octanol–water partition coefficient (Wildman–Crippen LogP) is 2.51. The Morgan fingerprint density at radius 1 is 1.26 bits per heavy atom. The molecule has 2 aliphatic rings. The zero-order valence-electron chi connectivity index (χ0n) is 20.4. The summed E-state index contributed by atoms with van der Waals surface area (Å²) in [5.41, 5.74) is -1.30. The summed E-state index contributed by atoms with van der Waals surface area (Å²) < 4.78 is 16.7. The third kappa shape index (κ3) is 4.47. The molecule has 0 amide bonds. The Bertz CT molecular complexity index is 1480. The summed E-state index contributed by atoms with van der Waals surface area (Å²) in [4.78, 5) is 42.7. The zero-order chi connectivity index (χ0) is 27.0. The normalized spacial score (nSPS) is 24.8. The van der Waals surface area contributed by atoms with Crippen LogP contribution in [0.5, 0.6) is 5.75 Å². The summed E-state index contributed by atoms with van der Waals surface area (Å²) in [6, 6.07) is 12.6. The summed E-state index contributed by atoms with van der Waals surface area (Å²) in [7, 11) is 0. The molecule has 194 valence electrons. The predicted molar refractivity (Wildman–Crippen MR) is 131 cm³/mol. The number of carbonyl (C=O) groups is 2. The smallest absolute Gasteiger partial charge is 0.351 e. The molecule has 5 atom stereocenters. The SMILES string of the molecule is C[C@]12Oc3cc(-c4cccnc4)oc(=O)c3C(=O)[C@@H]1C[C@H](C(O)COC(=O)c1ccc(C#N)cc1)C[C@@H]2O. The van der Waals surface area contributed by atoms with Crippen LogP contribution in [0.15, 0.2) is 64.1 Å². The Balaban J connectivity index is 1.33. The summed E-state index contributed by atoms with van der Waals surface area (Å²) >= 11 is 0. The van der Waals surface area contributed by atoms with E-state index in [4.69, 9.17) is 19.2 Å². The van der Waals surface area contributed by atoms with Crippen LogP contribution in [0.4, 0.5) is 0 Å². The van der Waals surface area contributed by atoms with Crippen molar-refractivity contribution in [2.24, 2.45) is 11.8 Å². The Labute approximate surface area is 217 Å². The number of nitriles is 1. The highest BCUT2D eigenvalue weighted by molar-refractivity contribution is 6.02. The number of carbonyl (C=O) groups excluding carboxylic acids is 2. The lowest BCUT2D eigenvalue weighted by atomic mass is 9.65. The lowest BCUT2D eigenvalue weighted by Crippen LogP contribution is -2.61. The number of fused-ring (bicyclic) bond motifs is 2. The molecule has 1 aromatic carbocycles. The number of hydrogen-bond acceptors (Lipinski definition) is 10. The third-order valence-corrected chi connectivity index (χ3v) is 7.35. The highest BCUT2D eigenvalue weighted by atomic mass is 16.5. The van der Waals surface area contributed by atoms with Gasteiger partial charge in [-0.1, -0.05) is 0 Å². The van der Waals surface area contributed by atoms with Gasteiger partial charge >= 0.3 is 11.6 Å². The second-order valence-corrected chi connectivity index (χ2v) is 9.68. The van der Waals surface area contributed by atoms with Crippen LogP contribution < -0.4 is 10.4 Å². The lowest BCUT2D eigenvalue weighted by molar-refractivity contribution is -0.129.